The van der Waals surface area contributed by atoms with Crippen LogP contribution in [0.25, 0.3) is 0 Å². The lowest BCUT2D eigenvalue weighted by molar-refractivity contribution is 0.334. The SMILES string of the molecule is CC1=CC(C)=C(S(=O)(=O)ON)C(C)C1. The largest absolute Gasteiger partial charge is 0.309 e. The molecule has 2 N–H and O–H groups in total. The number of hydrogen-bond acceptors (Lipinski definition) is 4. The smallest absolute Gasteiger partial charge is 0.197 e. The Hall–Kier alpha value is -0.650. The molecule has 0 amide bonds. The molecular formula is C9H15NO3S. The molecule has 0 saturated carbocycles. The minimum atomic E-state index is -3.73. The summed E-state index contributed by atoms with van der Waals surface area (Å²) in [6.45, 7) is 5.59. The van der Waals surface area contributed by atoms with Gasteiger partial charge in [-0.25, -0.2) is 0 Å². The van der Waals surface area contributed by atoms with E-state index in [0.29, 0.717) is 10.5 Å². The van der Waals surface area contributed by atoms with Gasteiger partial charge < -0.3 is 0 Å². The fourth-order valence-corrected chi connectivity index (χ4v) is 3.09. The highest BCUT2D eigenvalue weighted by Gasteiger charge is 2.28. The van der Waals surface area contributed by atoms with Crippen molar-refractivity contribution in [3.8, 4) is 0 Å². The first kappa shape index (κ1) is 11.4. The fourth-order valence-electron chi connectivity index (χ4n) is 1.96. The summed E-state index contributed by atoms with van der Waals surface area (Å²) in [4.78, 5) is 0.297. The van der Waals surface area contributed by atoms with Crippen LogP contribution in [0.5, 0.6) is 0 Å². The van der Waals surface area contributed by atoms with E-state index in [0.717, 1.165) is 6.42 Å². The molecule has 0 aliphatic heterocycles. The van der Waals surface area contributed by atoms with E-state index in [1.807, 2.05) is 19.9 Å². The third-order valence-electron chi connectivity index (χ3n) is 2.32. The maximum absolute atomic E-state index is 11.4. The average molecular weight is 217 g/mol. The van der Waals surface area contributed by atoms with Crippen molar-refractivity contribution in [1.29, 1.82) is 0 Å². The van der Waals surface area contributed by atoms with Gasteiger partial charge in [0.05, 0.1) is 4.91 Å². The minimum Gasteiger partial charge on any atom is -0.197 e. The molecule has 1 rings (SSSR count). The van der Waals surface area contributed by atoms with Crippen LogP contribution in [-0.2, 0) is 14.4 Å². The summed E-state index contributed by atoms with van der Waals surface area (Å²) in [5, 5.41) is 0. The second-order valence-electron chi connectivity index (χ2n) is 3.69. The summed E-state index contributed by atoms with van der Waals surface area (Å²) in [6.07, 6.45) is 2.58. The minimum absolute atomic E-state index is 0.0615. The Balaban J connectivity index is 3.26. The molecule has 0 spiro atoms. The zero-order valence-electron chi connectivity index (χ0n) is 8.57. The van der Waals surface area contributed by atoms with Crippen LogP contribution in [0.3, 0.4) is 0 Å². The average Bonchev–Trinajstić information content (AvgIpc) is 2.01. The van der Waals surface area contributed by atoms with Crippen molar-refractivity contribution in [2.24, 2.45) is 11.8 Å². The highest BCUT2D eigenvalue weighted by atomic mass is 32.2. The van der Waals surface area contributed by atoms with Crippen LogP contribution in [0.4, 0.5) is 0 Å². The van der Waals surface area contributed by atoms with E-state index in [1.165, 1.54) is 5.57 Å². The van der Waals surface area contributed by atoms with Crippen LogP contribution in [0.1, 0.15) is 27.2 Å². The lowest BCUT2D eigenvalue weighted by Crippen LogP contribution is -2.21. The molecule has 0 heterocycles. The molecular weight excluding hydrogens is 202 g/mol. The molecule has 0 fully saturated rings. The summed E-state index contributed by atoms with van der Waals surface area (Å²) in [5.74, 6) is 4.69. The Kier molecular flexibility index (Phi) is 3.14. The van der Waals surface area contributed by atoms with Crippen molar-refractivity contribution in [2.45, 2.75) is 27.2 Å². The molecule has 0 aromatic rings. The third-order valence-corrected chi connectivity index (χ3v) is 3.84. The van der Waals surface area contributed by atoms with E-state index in [2.05, 4.69) is 4.28 Å². The van der Waals surface area contributed by atoms with E-state index < -0.39 is 10.1 Å². The van der Waals surface area contributed by atoms with Gasteiger partial charge in [0.15, 0.2) is 0 Å². The van der Waals surface area contributed by atoms with Gasteiger partial charge in [0.1, 0.15) is 0 Å². The first-order valence-electron chi connectivity index (χ1n) is 4.40. The summed E-state index contributed by atoms with van der Waals surface area (Å²) in [5.41, 5.74) is 1.89. The molecule has 14 heavy (non-hydrogen) atoms. The molecule has 0 aromatic carbocycles. The second kappa shape index (κ2) is 3.84. The van der Waals surface area contributed by atoms with E-state index in [4.69, 9.17) is 5.90 Å². The molecule has 1 unspecified atom stereocenters. The first-order chi connectivity index (χ1) is 6.38. The maximum atomic E-state index is 11.4. The van der Waals surface area contributed by atoms with Crippen molar-refractivity contribution in [3.05, 3.63) is 22.1 Å². The van der Waals surface area contributed by atoms with Gasteiger partial charge in [-0.3, -0.25) is 0 Å². The van der Waals surface area contributed by atoms with Gasteiger partial charge in [0.25, 0.3) is 0 Å². The summed E-state index contributed by atoms with van der Waals surface area (Å²) in [7, 11) is -3.73. The standard InChI is InChI=1S/C9H15NO3S/c1-6-4-7(2)9(8(3)5-6)14(11,12)13-10/h4,8H,5,10H2,1-3H3. The quantitative estimate of drug-likeness (QED) is 0.711. The highest BCUT2D eigenvalue weighted by molar-refractivity contribution is 7.90. The van der Waals surface area contributed by atoms with Crippen molar-refractivity contribution in [1.82, 2.24) is 0 Å². The molecule has 1 atom stereocenters. The summed E-state index contributed by atoms with van der Waals surface area (Å²) in [6, 6.07) is 0. The Morgan fingerprint density at radius 1 is 1.50 bits per heavy atom. The van der Waals surface area contributed by atoms with Crippen LogP contribution >= 0.6 is 0 Å². The Morgan fingerprint density at radius 3 is 2.50 bits per heavy atom. The van der Waals surface area contributed by atoms with Crippen LogP contribution < -0.4 is 5.90 Å². The number of allylic oxidation sites excluding steroid dienone is 4. The van der Waals surface area contributed by atoms with Crippen LogP contribution in [0.15, 0.2) is 22.1 Å². The van der Waals surface area contributed by atoms with Gasteiger partial charge in [-0.2, -0.15) is 18.6 Å². The molecule has 80 valence electrons. The fraction of sp³-hybridized carbons (Fsp3) is 0.556. The van der Waals surface area contributed by atoms with E-state index in [9.17, 15) is 8.42 Å². The molecule has 1 aliphatic carbocycles. The van der Waals surface area contributed by atoms with Crippen molar-refractivity contribution in [3.63, 3.8) is 0 Å². The molecule has 0 bridgehead atoms. The lowest BCUT2D eigenvalue weighted by atomic mass is 9.93. The zero-order chi connectivity index (χ0) is 10.9. The van der Waals surface area contributed by atoms with Gasteiger partial charge >= 0.3 is 10.1 Å². The van der Waals surface area contributed by atoms with E-state index in [1.54, 1.807) is 6.92 Å². The van der Waals surface area contributed by atoms with Gasteiger partial charge in [0, 0.05) is 0 Å². The Labute approximate surface area is 84.5 Å². The lowest BCUT2D eigenvalue weighted by Gasteiger charge is -2.21. The van der Waals surface area contributed by atoms with Gasteiger partial charge in [0.2, 0.25) is 0 Å². The van der Waals surface area contributed by atoms with E-state index in [-0.39, 0.29) is 5.92 Å². The number of hydrogen-bond donors (Lipinski definition) is 1. The zero-order valence-corrected chi connectivity index (χ0v) is 9.39. The Morgan fingerprint density at radius 2 is 2.07 bits per heavy atom. The van der Waals surface area contributed by atoms with Gasteiger partial charge in [-0.05, 0) is 31.8 Å². The number of rotatable bonds is 2. The van der Waals surface area contributed by atoms with Crippen molar-refractivity contribution < 1.29 is 12.7 Å². The maximum Gasteiger partial charge on any atom is 0.309 e. The van der Waals surface area contributed by atoms with Crippen molar-refractivity contribution >= 4 is 10.1 Å². The molecule has 4 nitrogen and oxygen atoms in total. The third kappa shape index (κ3) is 2.05. The number of nitrogens with two attached hydrogens (primary N) is 1. The molecule has 5 heteroatoms. The second-order valence-corrected chi connectivity index (χ2v) is 5.23. The monoisotopic (exact) mass is 217 g/mol. The molecule has 1 aliphatic rings. The molecule has 0 saturated heterocycles. The van der Waals surface area contributed by atoms with Crippen molar-refractivity contribution in [2.75, 3.05) is 0 Å². The first-order valence-corrected chi connectivity index (χ1v) is 5.80. The van der Waals surface area contributed by atoms with Crippen LogP contribution in [0, 0.1) is 5.92 Å². The van der Waals surface area contributed by atoms with Crippen LogP contribution in [-0.4, -0.2) is 8.42 Å². The van der Waals surface area contributed by atoms with Gasteiger partial charge in [-0.15, -0.1) is 0 Å². The topological polar surface area (TPSA) is 69.4 Å². The van der Waals surface area contributed by atoms with Crippen LogP contribution in [0.2, 0.25) is 0 Å². The highest BCUT2D eigenvalue weighted by Crippen LogP contribution is 2.32. The summed E-state index contributed by atoms with van der Waals surface area (Å²) >= 11 is 0. The predicted octanol–water partition coefficient (Wildman–Crippen LogP) is 1.47. The van der Waals surface area contributed by atoms with E-state index >= 15 is 0 Å². The molecule has 0 aromatic heterocycles. The summed E-state index contributed by atoms with van der Waals surface area (Å²) < 4.78 is 26.9. The molecule has 0 radical (unpaired) electrons. The van der Waals surface area contributed by atoms with Gasteiger partial charge in [-0.1, -0.05) is 18.6 Å². The Bertz CT molecular complexity index is 392. The normalized spacial score (nSPS) is 23.7. The predicted molar refractivity (Wildman–Crippen MR) is 54.4 cm³/mol.